The molecule has 1 rings (SSSR count). The highest BCUT2D eigenvalue weighted by Gasteiger charge is 2.34. The third-order valence-corrected chi connectivity index (χ3v) is 3.68. The quantitative estimate of drug-likeness (QED) is 0.356. The van der Waals surface area contributed by atoms with E-state index in [1.807, 2.05) is 25.9 Å². The van der Waals surface area contributed by atoms with Gasteiger partial charge in [0, 0.05) is 18.7 Å². The molecule has 1 amide bonds. The van der Waals surface area contributed by atoms with E-state index in [1.54, 1.807) is 0 Å². The Labute approximate surface area is 155 Å². The molecular formula is C17H24F3N3O4. The number of hydrogen-bond acceptors (Lipinski definition) is 5. The molecule has 1 aromatic rings. The summed E-state index contributed by atoms with van der Waals surface area (Å²) in [6.45, 7) is 2.68. The standard InChI is InChI=1S/C17H24F3N3O4/c1-4-5-9-27-16(24)22(8-6-7-21(2)3)14-10-13(17(18,19)20)11-15(12-14)23(25)26/h10-12H,4-9H2,1-3H3. The average molecular weight is 391 g/mol. The number of alkyl halides is 3. The van der Waals surface area contributed by atoms with Crippen LogP contribution in [0.4, 0.5) is 29.3 Å². The Hall–Kier alpha value is -2.36. The van der Waals surface area contributed by atoms with Gasteiger partial charge in [-0.05, 0) is 39.5 Å². The molecule has 0 saturated heterocycles. The molecule has 0 aliphatic rings. The number of nitro groups is 1. The Morgan fingerprint density at radius 2 is 1.85 bits per heavy atom. The van der Waals surface area contributed by atoms with Gasteiger partial charge in [-0.3, -0.25) is 15.0 Å². The number of anilines is 1. The zero-order chi connectivity index (χ0) is 20.6. The molecular weight excluding hydrogens is 367 g/mol. The van der Waals surface area contributed by atoms with Crippen LogP contribution in [0.1, 0.15) is 31.7 Å². The summed E-state index contributed by atoms with van der Waals surface area (Å²) in [5.74, 6) is 0. The molecule has 0 fully saturated rings. The molecule has 0 aromatic heterocycles. The summed E-state index contributed by atoms with van der Waals surface area (Å²) < 4.78 is 44.5. The molecule has 7 nitrogen and oxygen atoms in total. The molecule has 152 valence electrons. The van der Waals surface area contributed by atoms with Gasteiger partial charge in [0.25, 0.3) is 5.69 Å². The monoisotopic (exact) mass is 391 g/mol. The number of carbonyl (C=O) groups is 1. The van der Waals surface area contributed by atoms with Gasteiger partial charge >= 0.3 is 12.3 Å². The second-order valence-corrected chi connectivity index (χ2v) is 6.27. The number of rotatable bonds is 9. The number of benzene rings is 1. The van der Waals surface area contributed by atoms with E-state index < -0.39 is 28.4 Å². The van der Waals surface area contributed by atoms with Crippen LogP contribution in [-0.4, -0.2) is 49.7 Å². The minimum atomic E-state index is -4.78. The summed E-state index contributed by atoms with van der Waals surface area (Å²) in [5.41, 5.74) is -2.14. The van der Waals surface area contributed by atoms with Crippen LogP contribution >= 0.6 is 0 Å². The van der Waals surface area contributed by atoms with Gasteiger partial charge < -0.3 is 9.64 Å². The minimum Gasteiger partial charge on any atom is -0.449 e. The Morgan fingerprint density at radius 3 is 2.37 bits per heavy atom. The Kier molecular flexibility index (Phi) is 8.48. The first-order valence-corrected chi connectivity index (χ1v) is 8.52. The van der Waals surface area contributed by atoms with Gasteiger partial charge in [-0.25, -0.2) is 4.79 Å². The van der Waals surface area contributed by atoms with Crippen LogP contribution in [0.25, 0.3) is 0 Å². The molecule has 0 saturated carbocycles. The summed E-state index contributed by atoms with van der Waals surface area (Å²) in [4.78, 5) is 25.4. The molecule has 0 radical (unpaired) electrons. The Morgan fingerprint density at radius 1 is 1.19 bits per heavy atom. The van der Waals surface area contributed by atoms with Gasteiger partial charge in [-0.1, -0.05) is 13.3 Å². The lowest BCUT2D eigenvalue weighted by Gasteiger charge is -2.24. The van der Waals surface area contributed by atoms with Gasteiger partial charge in [0.1, 0.15) is 0 Å². The highest BCUT2D eigenvalue weighted by molar-refractivity contribution is 5.88. The van der Waals surface area contributed by atoms with Crippen molar-refractivity contribution in [2.45, 2.75) is 32.4 Å². The number of non-ortho nitro benzene ring substituents is 1. The number of nitro benzene ring substituents is 1. The maximum atomic E-state index is 13.1. The van der Waals surface area contributed by atoms with E-state index in [0.29, 0.717) is 25.5 Å². The number of nitrogens with zero attached hydrogens (tertiary/aromatic N) is 3. The van der Waals surface area contributed by atoms with Crippen molar-refractivity contribution in [1.29, 1.82) is 0 Å². The second kappa shape index (κ2) is 10.1. The first kappa shape index (κ1) is 22.7. The highest BCUT2D eigenvalue weighted by Crippen LogP contribution is 2.35. The smallest absolute Gasteiger partial charge is 0.416 e. The van der Waals surface area contributed by atoms with Crippen molar-refractivity contribution in [1.82, 2.24) is 4.90 Å². The number of halogens is 3. The zero-order valence-corrected chi connectivity index (χ0v) is 15.6. The number of unbranched alkanes of at least 4 members (excludes halogenated alkanes) is 1. The van der Waals surface area contributed by atoms with Crippen molar-refractivity contribution in [3.63, 3.8) is 0 Å². The summed E-state index contributed by atoms with van der Waals surface area (Å²) in [7, 11) is 3.64. The van der Waals surface area contributed by atoms with E-state index in [4.69, 9.17) is 4.74 Å². The van der Waals surface area contributed by atoms with Gasteiger partial charge in [0.05, 0.1) is 22.8 Å². The SMILES string of the molecule is CCCCOC(=O)N(CCCN(C)C)c1cc([N+](=O)[O-])cc(C(F)(F)F)c1. The van der Waals surface area contributed by atoms with Crippen LogP contribution in [0.2, 0.25) is 0 Å². The van der Waals surface area contributed by atoms with Gasteiger partial charge in [0.2, 0.25) is 0 Å². The van der Waals surface area contributed by atoms with Crippen molar-refractivity contribution in [2.75, 3.05) is 38.7 Å². The Bertz CT molecular complexity index is 651. The fraction of sp³-hybridized carbons (Fsp3) is 0.588. The van der Waals surface area contributed by atoms with Crippen LogP contribution in [0.5, 0.6) is 0 Å². The Balaban J connectivity index is 3.22. The summed E-state index contributed by atoms with van der Waals surface area (Å²) in [6, 6.07) is 2.12. The van der Waals surface area contributed by atoms with Crippen LogP contribution in [0.3, 0.4) is 0 Å². The normalized spacial score (nSPS) is 11.5. The van der Waals surface area contributed by atoms with Gasteiger partial charge in [-0.15, -0.1) is 0 Å². The molecule has 1 aromatic carbocycles. The van der Waals surface area contributed by atoms with Crippen LogP contribution in [0, 0.1) is 10.1 Å². The number of hydrogen-bond donors (Lipinski definition) is 0. The molecule has 0 spiro atoms. The van der Waals surface area contributed by atoms with Crippen molar-refractivity contribution in [3.8, 4) is 0 Å². The largest absolute Gasteiger partial charge is 0.449 e. The molecule has 0 N–H and O–H groups in total. The summed E-state index contributed by atoms with van der Waals surface area (Å²) >= 11 is 0. The molecule has 0 atom stereocenters. The predicted octanol–water partition coefficient (Wildman–Crippen LogP) is 4.31. The van der Waals surface area contributed by atoms with E-state index in [9.17, 15) is 28.1 Å². The molecule has 0 bridgehead atoms. The average Bonchev–Trinajstić information content (AvgIpc) is 2.57. The maximum absolute atomic E-state index is 13.1. The topological polar surface area (TPSA) is 75.9 Å². The lowest BCUT2D eigenvalue weighted by Crippen LogP contribution is -2.34. The highest BCUT2D eigenvalue weighted by atomic mass is 19.4. The lowest BCUT2D eigenvalue weighted by molar-refractivity contribution is -0.385. The summed E-state index contributed by atoms with van der Waals surface area (Å²) in [6.07, 6.45) is -3.75. The number of ether oxygens (including phenoxy) is 1. The lowest BCUT2D eigenvalue weighted by atomic mass is 10.1. The van der Waals surface area contributed by atoms with E-state index in [-0.39, 0.29) is 18.8 Å². The minimum absolute atomic E-state index is 0.0710. The van der Waals surface area contributed by atoms with Gasteiger partial charge in [0.15, 0.2) is 0 Å². The summed E-state index contributed by atoms with van der Waals surface area (Å²) in [5, 5.41) is 11.0. The third kappa shape index (κ3) is 7.41. The number of amides is 1. The zero-order valence-electron chi connectivity index (χ0n) is 15.6. The first-order chi connectivity index (χ1) is 12.6. The molecule has 0 aliphatic heterocycles. The van der Waals surface area contributed by atoms with Crippen LogP contribution < -0.4 is 4.90 Å². The maximum Gasteiger partial charge on any atom is 0.416 e. The fourth-order valence-corrected chi connectivity index (χ4v) is 2.27. The molecule has 10 heteroatoms. The second-order valence-electron chi connectivity index (χ2n) is 6.27. The fourth-order valence-electron chi connectivity index (χ4n) is 2.27. The van der Waals surface area contributed by atoms with Crippen molar-refractivity contribution < 1.29 is 27.6 Å². The van der Waals surface area contributed by atoms with E-state index >= 15 is 0 Å². The van der Waals surface area contributed by atoms with Crippen LogP contribution in [-0.2, 0) is 10.9 Å². The third-order valence-electron chi connectivity index (χ3n) is 3.68. The predicted molar refractivity (Wildman–Crippen MR) is 94.9 cm³/mol. The van der Waals surface area contributed by atoms with Crippen molar-refractivity contribution >= 4 is 17.5 Å². The molecule has 27 heavy (non-hydrogen) atoms. The molecule has 0 aliphatic carbocycles. The molecule has 0 heterocycles. The van der Waals surface area contributed by atoms with Crippen molar-refractivity contribution in [2.24, 2.45) is 0 Å². The van der Waals surface area contributed by atoms with Crippen molar-refractivity contribution in [3.05, 3.63) is 33.9 Å². The first-order valence-electron chi connectivity index (χ1n) is 8.52. The van der Waals surface area contributed by atoms with E-state index in [0.717, 1.165) is 23.5 Å². The van der Waals surface area contributed by atoms with E-state index in [2.05, 4.69) is 0 Å². The van der Waals surface area contributed by atoms with E-state index in [1.165, 1.54) is 0 Å². The number of carbonyl (C=O) groups excluding carboxylic acids is 1. The van der Waals surface area contributed by atoms with Gasteiger partial charge in [-0.2, -0.15) is 13.2 Å². The van der Waals surface area contributed by atoms with Crippen LogP contribution in [0.15, 0.2) is 18.2 Å². The molecule has 0 unspecified atom stereocenters.